The summed E-state index contributed by atoms with van der Waals surface area (Å²) < 4.78 is 13.1. The van der Waals surface area contributed by atoms with Gasteiger partial charge in [0.2, 0.25) is 5.91 Å². The molecule has 1 aliphatic heterocycles. The highest BCUT2D eigenvalue weighted by atomic mass is 32.2. The number of benzene rings is 1. The number of carbonyl (C=O) groups is 1. The molecule has 0 radical (unpaired) electrons. The zero-order valence-corrected chi connectivity index (χ0v) is 16.2. The third-order valence-corrected chi connectivity index (χ3v) is 5.62. The summed E-state index contributed by atoms with van der Waals surface area (Å²) in [5.74, 6) is -0.0278. The first-order valence-corrected chi connectivity index (χ1v) is 9.99. The summed E-state index contributed by atoms with van der Waals surface area (Å²) in [5, 5.41) is 0.440. The second-order valence-electron chi connectivity index (χ2n) is 6.72. The molecular formula is C19H20FN5O2S. The number of hydrogen-bond acceptors (Lipinski definition) is 5. The van der Waals surface area contributed by atoms with Crippen LogP contribution in [0.4, 0.5) is 10.1 Å². The van der Waals surface area contributed by atoms with Crippen molar-refractivity contribution >= 4 is 34.4 Å². The number of aromatic nitrogens is 3. The molecule has 0 saturated carbocycles. The van der Waals surface area contributed by atoms with Gasteiger partial charge in [-0.05, 0) is 37.3 Å². The number of anilines is 1. The molecule has 4 rings (SSSR count). The minimum absolute atomic E-state index is 0.0109. The maximum atomic E-state index is 13.1. The molecule has 28 heavy (non-hydrogen) atoms. The largest absolute Gasteiger partial charge is 0.368 e. The Balaban J connectivity index is 1.33. The number of fused-ring (bicyclic) bond motifs is 1. The van der Waals surface area contributed by atoms with Gasteiger partial charge in [-0.15, -0.1) is 0 Å². The fourth-order valence-electron chi connectivity index (χ4n) is 3.29. The molecule has 1 aromatic carbocycles. The van der Waals surface area contributed by atoms with Gasteiger partial charge >= 0.3 is 0 Å². The molecule has 9 heteroatoms. The normalized spacial score (nSPS) is 14.6. The van der Waals surface area contributed by atoms with Gasteiger partial charge in [0.15, 0.2) is 5.16 Å². The summed E-state index contributed by atoms with van der Waals surface area (Å²) in [5.41, 5.74) is 2.64. The number of carbonyl (C=O) groups excluding carboxylic acids is 1. The Morgan fingerprint density at radius 3 is 2.61 bits per heavy atom. The molecule has 0 spiro atoms. The van der Waals surface area contributed by atoms with Crippen molar-refractivity contribution in [1.29, 1.82) is 0 Å². The highest BCUT2D eigenvalue weighted by Gasteiger charge is 2.21. The van der Waals surface area contributed by atoms with Crippen LogP contribution in [0.3, 0.4) is 0 Å². The highest BCUT2D eigenvalue weighted by molar-refractivity contribution is 7.99. The molecule has 1 fully saturated rings. The van der Waals surface area contributed by atoms with Crippen LogP contribution in [0.2, 0.25) is 0 Å². The lowest BCUT2D eigenvalue weighted by Crippen LogP contribution is -2.49. The van der Waals surface area contributed by atoms with Gasteiger partial charge in [-0.25, -0.2) is 9.37 Å². The maximum absolute atomic E-state index is 13.1. The summed E-state index contributed by atoms with van der Waals surface area (Å²) in [7, 11) is 0. The summed E-state index contributed by atoms with van der Waals surface area (Å²) in [6.07, 6.45) is 0. The number of nitrogens with one attached hydrogen (secondary N) is 2. The van der Waals surface area contributed by atoms with E-state index < -0.39 is 0 Å². The average Bonchev–Trinajstić information content (AvgIpc) is 3.08. The molecule has 3 aromatic rings. The molecular weight excluding hydrogens is 381 g/mol. The molecule has 1 saturated heterocycles. The van der Waals surface area contributed by atoms with E-state index in [1.54, 1.807) is 12.1 Å². The van der Waals surface area contributed by atoms with Crippen LogP contribution in [0, 0.1) is 12.7 Å². The second-order valence-corrected chi connectivity index (χ2v) is 7.68. The Kier molecular flexibility index (Phi) is 5.08. The minimum atomic E-state index is -0.255. The SMILES string of the molecule is Cc1cc2nc(SCC(=O)N3CCN(c4ccc(F)cc4)CC3)[nH]c(=O)c2[nH]1. The van der Waals surface area contributed by atoms with Crippen molar-refractivity contribution in [3.63, 3.8) is 0 Å². The lowest BCUT2D eigenvalue weighted by molar-refractivity contribution is -0.128. The van der Waals surface area contributed by atoms with E-state index in [-0.39, 0.29) is 23.0 Å². The number of hydrogen-bond donors (Lipinski definition) is 2. The van der Waals surface area contributed by atoms with E-state index in [1.807, 2.05) is 17.9 Å². The Hall–Kier alpha value is -2.81. The molecule has 0 aliphatic carbocycles. The first kappa shape index (κ1) is 18.5. The van der Waals surface area contributed by atoms with E-state index in [0.717, 1.165) is 11.4 Å². The van der Waals surface area contributed by atoms with Gasteiger partial charge < -0.3 is 14.8 Å². The van der Waals surface area contributed by atoms with Gasteiger partial charge in [0.05, 0.1) is 11.3 Å². The molecule has 0 unspecified atom stereocenters. The van der Waals surface area contributed by atoms with Crippen molar-refractivity contribution in [1.82, 2.24) is 19.9 Å². The Morgan fingerprint density at radius 1 is 1.18 bits per heavy atom. The van der Waals surface area contributed by atoms with Crippen molar-refractivity contribution < 1.29 is 9.18 Å². The van der Waals surface area contributed by atoms with Crippen LogP contribution in [0.1, 0.15) is 5.69 Å². The molecule has 0 atom stereocenters. The monoisotopic (exact) mass is 401 g/mol. The number of amides is 1. The van der Waals surface area contributed by atoms with Crippen molar-refractivity contribution in [3.8, 4) is 0 Å². The molecule has 1 aliphatic rings. The Labute approximate surface area is 164 Å². The smallest absolute Gasteiger partial charge is 0.275 e. The third-order valence-electron chi connectivity index (χ3n) is 4.76. The molecule has 0 bridgehead atoms. The number of nitrogens with zero attached hydrogens (tertiary/aromatic N) is 3. The Morgan fingerprint density at radius 2 is 1.89 bits per heavy atom. The van der Waals surface area contributed by atoms with Gasteiger partial charge in [-0.1, -0.05) is 11.8 Å². The molecule has 146 valence electrons. The Bertz CT molecular complexity index is 1050. The quantitative estimate of drug-likeness (QED) is 0.517. The lowest BCUT2D eigenvalue weighted by atomic mass is 10.2. The zero-order valence-electron chi connectivity index (χ0n) is 15.4. The van der Waals surface area contributed by atoms with Gasteiger partial charge in [0.1, 0.15) is 11.3 Å². The summed E-state index contributed by atoms with van der Waals surface area (Å²) in [4.78, 5) is 38.6. The van der Waals surface area contributed by atoms with Crippen LogP contribution in [0.5, 0.6) is 0 Å². The maximum Gasteiger partial charge on any atom is 0.275 e. The molecule has 3 heterocycles. The topological polar surface area (TPSA) is 85.1 Å². The number of piperazine rings is 1. The number of rotatable bonds is 4. The summed E-state index contributed by atoms with van der Waals surface area (Å²) >= 11 is 1.23. The van der Waals surface area contributed by atoms with Gasteiger partial charge in [0, 0.05) is 37.6 Å². The van der Waals surface area contributed by atoms with Crippen LogP contribution >= 0.6 is 11.8 Å². The zero-order chi connectivity index (χ0) is 19.7. The third kappa shape index (κ3) is 3.89. The van der Waals surface area contributed by atoms with Crippen molar-refractivity contribution in [2.45, 2.75) is 12.1 Å². The second kappa shape index (κ2) is 7.67. The van der Waals surface area contributed by atoms with Crippen LogP contribution in [-0.2, 0) is 4.79 Å². The van der Waals surface area contributed by atoms with E-state index in [9.17, 15) is 14.0 Å². The fraction of sp³-hybridized carbons (Fsp3) is 0.316. The number of thioether (sulfide) groups is 1. The highest BCUT2D eigenvalue weighted by Crippen LogP contribution is 2.19. The molecule has 2 aromatic heterocycles. The first-order valence-electron chi connectivity index (χ1n) is 9.00. The van der Waals surface area contributed by atoms with Crippen LogP contribution in [-0.4, -0.2) is 57.7 Å². The predicted molar refractivity (Wildman–Crippen MR) is 107 cm³/mol. The summed E-state index contributed by atoms with van der Waals surface area (Å²) in [6.45, 7) is 4.48. The van der Waals surface area contributed by atoms with Gasteiger partial charge in [0.25, 0.3) is 5.56 Å². The van der Waals surface area contributed by atoms with E-state index >= 15 is 0 Å². The molecule has 2 N–H and O–H groups in total. The minimum Gasteiger partial charge on any atom is -0.368 e. The van der Waals surface area contributed by atoms with Crippen molar-refractivity contribution in [3.05, 3.63) is 52.2 Å². The van der Waals surface area contributed by atoms with Crippen LogP contribution < -0.4 is 10.5 Å². The summed E-state index contributed by atoms with van der Waals surface area (Å²) in [6, 6.07) is 8.21. The van der Waals surface area contributed by atoms with E-state index in [4.69, 9.17) is 0 Å². The van der Waals surface area contributed by atoms with E-state index in [0.29, 0.717) is 42.4 Å². The van der Waals surface area contributed by atoms with E-state index in [2.05, 4.69) is 19.9 Å². The van der Waals surface area contributed by atoms with E-state index in [1.165, 1.54) is 23.9 Å². The number of halogens is 1. The van der Waals surface area contributed by atoms with Crippen molar-refractivity contribution in [2.75, 3.05) is 36.8 Å². The fourth-order valence-corrected chi connectivity index (χ4v) is 4.06. The predicted octanol–water partition coefficient (Wildman–Crippen LogP) is 2.14. The lowest BCUT2D eigenvalue weighted by Gasteiger charge is -2.36. The standard InChI is InChI=1S/C19H20FN5O2S/c1-12-10-15-17(21-12)18(27)23-19(22-15)28-11-16(26)25-8-6-24(7-9-25)14-4-2-13(20)3-5-14/h2-5,10,21H,6-9,11H2,1H3,(H,22,23,27). The van der Waals surface area contributed by atoms with Crippen molar-refractivity contribution in [2.24, 2.45) is 0 Å². The first-order chi connectivity index (χ1) is 13.5. The number of H-pyrrole nitrogens is 2. The van der Waals surface area contributed by atoms with Gasteiger partial charge in [-0.2, -0.15) is 0 Å². The molecule has 7 nitrogen and oxygen atoms in total. The number of aromatic amines is 2. The van der Waals surface area contributed by atoms with Crippen LogP contribution in [0.15, 0.2) is 40.3 Å². The number of aryl methyl sites for hydroxylation is 1. The molecule has 1 amide bonds. The van der Waals surface area contributed by atoms with Crippen LogP contribution in [0.25, 0.3) is 11.0 Å². The average molecular weight is 401 g/mol. The van der Waals surface area contributed by atoms with Gasteiger partial charge in [-0.3, -0.25) is 14.6 Å².